The average Bonchev–Trinajstić information content (AvgIpc) is 3.07. The monoisotopic (exact) mass is 315 g/mol. The van der Waals surface area contributed by atoms with E-state index in [2.05, 4.69) is 17.2 Å². The molecule has 0 bridgehead atoms. The van der Waals surface area contributed by atoms with Crippen molar-refractivity contribution in [3.63, 3.8) is 0 Å². The van der Waals surface area contributed by atoms with Gasteiger partial charge in [-0.25, -0.2) is 4.39 Å². The largest absolute Gasteiger partial charge is 0.496 e. The van der Waals surface area contributed by atoms with Crippen molar-refractivity contribution in [2.45, 2.75) is 44.1 Å². The molecular weight excluding hydrogens is 297 g/mol. The van der Waals surface area contributed by atoms with Crippen LogP contribution in [0.15, 0.2) is 12.1 Å². The van der Waals surface area contributed by atoms with Crippen LogP contribution >= 0.6 is 0 Å². The van der Waals surface area contributed by atoms with Crippen molar-refractivity contribution in [3.05, 3.63) is 29.1 Å². The molecule has 5 heteroatoms. The number of Topliss-reactive ketones (excluding diaryl/α,β-unsaturated/α-hetero) is 1. The lowest BCUT2D eigenvalue weighted by Gasteiger charge is -2.21. The molecule has 1 aromatic rings. The second-order valence-electron chi connectivity index (χ2n) is 6.02. The Morgan fingerprint density at radius 3 is 2.61 bits per heavy atom. The van der Waals surface area contributed by atoms with E-state index in [1.54, 1.807) is 13.0 Å². The minimum Gasteiger partial charge on any atom is -0.496 e. The summed E-state index contributed by atoms with van der Waals surface area (Å²) in [6.45, 7) is 1.65. The lowest BCUT2D eigenvalue weighted by Crippen LogP contribution is -2.43. The highest BCUT2D eigenvalue weighted by Crippen LogP contribution is 2.43. The molecule has 1 spiro atoms. The number of ketones is 1. The van der Waals surface area contributed by atoms with Crippen LogP contribution in [0, 0.1) is 17.7 Å². The summed E-state index contributed by atoms with van der Waals surface area (Å²) in [5.74, 6) is 3.17. The van der Waals surface area contributed by atoms with Crippen LogP contribution in [0.1, 0.15) is 49.7 Å². The van der Waals surface area contributed by atoms with Crippen LogP contribution < -0.4 is 10.1 Å². The second kappa shape index (κ2) is 5.69. The molecule has 23 heavy (non-hydrogen) atoms. The van der Waals surface area contributed by atoms with Crippen LogP contribution in [0.5, 0.6) is 5.75 Å². The normalized spacial score (nSPS) is 22.0. The van der Waals surface area contributed by atoms with Gasteiger partial charge >= 0.3 is 0 Å². The molecule has 1 saturated carbocycles. The van der Waals surface area contributed by atoms with Gasteiger partial charge < -0.3 is 10.1 Å². The van der Waals surface area contributed by atoms with E-state index in [0.717, 1.165) is 12.8 Å². The van der Waals surface area contributed by atoms with Crippen LogP contribution in [0.4, 0.5) is 4.39 Å². The first-order chi connectivity index (χ1) is 11.0. The highest BCUT2D eigenvalue weighted by atomic mass is 19.1. The van der Waals surface area contributed by atoms with Gasteiger partial charge in [0.25, 0.3) is 0 Å². The van der Waals surface area contributed by atoms with Crippen LogP contribution in [0.25, 0.3) is 0 Å². The Labute approximate surface area is 134 Å². The van der Waals surface area contributed by atoms with E-state index in [0.29, 0.717) is 18.4 Å². The van der Waals surface area contributed by atoms with Gasteiger partial charge in [0.1, 0.15) is 17.5 Å². The van der Waals surface area contributed by atoms with Crippen LogP contribution in [0.2, 0.25) is 0 Å². The molecule has 2 fully saturated rings. The van der Waals surface area contributed by atoms with E-state index in [1.165, 1.54) is 13.2 Å². The van der Waals surface area contributed by atoms with Gasteiger partial charge in [0.2, 0.25) is 5.91 Å². The predicted octanol–water partition coefficient (Wildman–Crippen LogP) is 2.30. The number of benzene rings is 1. The highest BCUT2D eigenvalue weighted by molar-refractivity contribution is 6.17. The molecule has 1 aromatic carbocycles. The van der Waals surface area contributed by atoms with E-state index in [1.807, 2.05) is 0 Å². The van der Waals surface area contributed by atoms with Crippen molar-refractivity contribution in [2.75, 3.05) is 7.11 Å². The molecule has 0 aromatic heterocycles. The third kappa shape index (κ3) is 2.39. The third-order valence-corrected chi connectivity index (χ3v) is 4.69. The fourth-order valence-corrected chi connectivity index (χ4v) is 3.64. The van der Waals surface area contributed by atoms with E-state index >= 15 is 0 Å². The first-order valence-electron chi connectivity index (χ1n) is 7.69. The summed E-state index contributed by atoms with van der Waals surface area (Å²) in [4.78, 5) is 25.2. The number of methoxy groups -OCH3 is 1. The Bertz CT molecular complexity index is 739. The molecule has 1 aliphatic heterocycles. The fraction of sp³-hybridized carbons (Fsp3) is 0.444. The Hall–Kier alpha value is -2.35. The van der Waals surface area contributed by atoms with Crippen LogP contribution in [-0.4, -0.2) is 24.3 Å². The van der Waals surface area contributed by atoms with Crippen LogP contribution in [0.3, 0.4) is 0 Å². The number of halogens is 1. The Balaban J connectivity index is 2.09. The summed E-state index contributed by atoms with van der Waals surface area (Å²) in [7, 11) is 1.39. The SMILES string of the molecule is CC#Cc1cc(F)c(C2C(=O)NC3(CCCC3)C2=O)c(OC)c1. The predicted molar refractivity (Wildman–Crippen MR) is 82.6 cm³/mol. The van der Waals surface area contributed by atoms with E-state index in [4.69, 9.17) is 4.74 Å². The van der Waals surface area contributed by atoms with E-state index in [9.17, 15) is 14.0 Å². The van der Waals surface area contributed by atoms with E-state index in [-0.39, 0.29) is 17.1 Å². The van der Waals surface area contributed by atoms with Crippen molar-refractivity contribution in [1.82, 2.24) is 5.32 Å². The average molecular weight is 315 g/mol. The highest BCUT2D eigenvalue weighted by Gasteiger charge is 2.55. The fourth-order valence-electron chi connectivity index (χ4n) is 3.64. The molecule has 1 heterocycles. The minimum atomic E-state index is -1.15. The van der Waals surface area contributed by atoms with Gasteiger partial charge in [-0.05, 0) is 31.9 Å². The summed E-state index contributed by atoms with van der Waals surface area (Å²) in [5.41, 5.74) is -0.353. The van der Waals surface area contributed by atoms with Gasteiger partial charge in [-0.15, -0.1) is 5.92 Å². The molecule has 2 aliphatic rings. The zero-order valence-electron chi connectivity index (χ0n) is 13.2. The number of rotatable bonds is 2. The number of hydrogen-bond acceptors (Lipinski definition) is 3. The van der Waals surface area contributed by atoms with Gasteiger partial charge in [-0.2, -0.15) is 0 Å². The maximum atomic E-state index is 14.6. The zero-order valence-corrected chi connectivity index (χ0v) is 13.2. The Morgan fingerprint density at radius 1 is 1.30 bits per heavy atom. The summed E-state index contributed by atoms with van der Waals surface area (Å²) in [5, 5.41) is 2.81. The molecule has 1 aliphatic carbocycles. The minimum absolute atomic E-state index is 0.0143. The zero-order chi connectivity index (χ0) is 16.6. The smallest absolute Gasteiger partial charge is 0.236 e. The van der Waals surface area contributed by atoms with Crippen molar-refractivity contribution in [3.8, 4) is 17.6 Å². The van der Waals surface area contributed by atoms with Gasteiger partial charge in [-0.3, -0.25) is 9.59 Å². The first-order valence-corrected chi connectivity index (χ1v) is 7.69. The van der Waals surface area contributed by atoms with Crippen molar-refractivity contribution < 1.29 is 18.7 Å². The molecule has 1 atom stereocenters. The molecule has 120 valence electrons. The summed E-state index contributed by atoms with van der Waals surface area (Å²) >= 11 is 0. The summed E-state index contributed by atoms with van der Waals surface area (Å²) in [6.07, 6.45) is 3.03. The molecule has 1 saturated heterocycles. The molecule has 1 unspecified atom stereocenters. The van der Waals surface area contributed by atoms with E-state index < -0.39 is 23.2 Å². The molecule has 1 N–H and O–H groups in total. The summed E-state index contributed by atoms with van der Waals surface area (Å²) in [6, 6.07) is 2.81. The number of ether oxygens (including phenoxy) is 1. The van der Waals surface area contributed by atoms with Gasteiger partial charge in [0, 0.05) is 11.1 Å². The quantitative estimate of drug-likeness (QED) is 0.673. The maximum absolute atomic E-state index is 14.6. The number of hydrogen-bond donors (Lipinski definition) is 1. The molecular formula is C18H18FNO3. The van der Waals surface area contributed by atoms with Gasteiger partial charge in [-0.1, -0.05) is 18.8 Å². The van der Waals surface area contributed by atoms with Gasteiger partial charge in [0.15, 0.2) is 5.78 Å². The lowest BCUT2D eigenvalue weighted by atomic mass is 9.85. The number of carbonyl (C=O) groups excluding carboxylic acids is 2. The lowest BCUT2D eigenvalue weighted by molar-refractivity contribution is -0.125. The van der Waals surface area contributed by atoms with Crippen molar-refractivity contribution in [2.24, 2.45) is 0 Å². The number of nitrogens with one attached hydrogen (secondary N) is 1. The Morgan fingerprint density at radius 2 is 2.00 bits per heavy atom. The van der Waals surface area contributed by atoms with Crippen molar-refractivity contribution in [1.29, 1.82) is 0 Å². The molecule has 0 radical (unpaired) electrons. The van der Waals surface area contributed by atoms with Gasteiger partial charge in [0.05, 0.1) is 12.6 Å². The number of amides is 1. The second-order valence-corrected chi connectivity index (χ2v) is 6.02. The Kier molecular flexibility index (Phi) is 3.85. The topological polar surface area (TPSA) is 55.4 Å². The standard InChI is InChI=1S/C18H18FNO3/c1-3-6-11-9-12(19)14(13(10-11)23-2)15-16(21)18(20-17(15)22)7-4-5-8-18/h9-10,15H,4-5,7-8H2,1-2H3,(H,20,22). The third-order valence-electron chi connectivity index (χ3n) is 4.69. The first kappa shape index (κ1) is 15.5. The number of carbonyl (C=O) groups is 2. The molecule has 3 rings (SSSR count). The van der Waals surface area contributed by atoms with Crippen molar-refractivity contribution >= 4 is 11.7 Å². The summed E-state index contributed by atoms with van der Waals surface area (Å²) < 4.78 is 19.8. The maximum Gasteiger partial charge on any atom is 0.236 e. The molecule has 1 amide bonds. The van der Waals surface area contributed by atoms with Crippen LogP contribution in [-0.2, 0) is 9.59 Å². The molecule has 4 nitrogen and oxygen atoms in total.